The van der Waals surface area contributed by atoms with E-state index in [2.05, 4.69) is 4.98 Å². The molecule has 0 aliphatic heterocycles. The maximum Gasteiger partial charge on any atom is 0.261 e. The summed E-state index contributed by atoms with van der Waals surface area (Å²) in [5.74, 6) is 0.593. The van der Waals surface area contributed by atoms with Crippen molar-refractivity contribution in [2.45, 2.75) is 6.54 Å². The first-order valence-corrected chi connectivity index (χ1v) is 4.73. The van der Waals surface area contributed by atoms with E-state index in [4.69, 9.17) is 4.74 Å². The Bertz CT molecular complexity index is 589. The second-order valence-electron chi connectivity index (χ2n) is 3.25. The van der Waals surface area contributed by atoms with Gasteiger partial charge in [0.25, 0.3) is 5.56 Å². The lowest BCUT2D eigenvalue weighted by Crippen LogP contribution is -2.21. The average molecular weight is 218 g/mol. The number of nitrogens with zero attached hydrogens (tertiary/aromatic N) is 2. The Morgan fingerprint density at radius 3 is 3.00 bits per heavy atom. The Balaban J connectivity index is 2.70. The van der Waals surface area contributed by atoms with Crippen LogP contribution >= 0.6 is 0 Å². The highest BCUT2D eigenvalue weighted by Crippen LogP contribution is 2.15. The minimum atomic E-state index is -0.240. The van der Waals surface area contributed by atoms with E-state index < -0.39 is 0 Å². The van der Waals surface area contributed by atoms with Gasteiger partial charge >= 0.3 is 0 Å². The van der Waals surface area contributed by atoms with Crippen LogP contribution in [0.2, 0.25) is 0 Å². The molecule has 2 aromatic rings. The van der Waals surface area contributed by atoms with Crippen molar-refractivity contribution in [3.8, 4) is 5.75 Å². The molecule has 0 fully saturated rings. The highest BCUT2D eigenvalue weighted by molar-refractivity contribution is 5.79. The molecule has 0 bridgehead atoms. The van der Waals surface area contributed by atoms with Crippen LogP contribution in [0.25, 0.3) is 10.9 Å². The molecule has 1 aromatic carbocycles. The zero-order valence-electron chi connectivity index (χ0n) is 8.71. The monoisotopic (exact) mass is 218 g/mol. The molecule has 1 heterocycles. The minimum Gasteiger partial charge on any atom is -0.497 e. The Hall–Kier alpha value is -2.17. The summed E-state index contributed by atoms with van der Waals surface area (Å²) in [5, 5.41) is 0.448. The lowest BCUT2D eigenvalue weighted by molar-refractivity contribution is -0.108. The average Bonchev–Trinajstić information content (AvgIpc) is 2.33. The van der Waals surface area contributed by atoms with E-state index in [0.29, 0.717) is 22.9 Å². The lowest BCUT2D eigenvalue weighted by Gasteiger charge is -2.04. The molecule has 82 valence electrons. The van der Waals surface area contributed by atoms with Gasteiger partial charge in [0, 0.05) is 0 Å². The molecule has 5 heteroatoms. The first-order valence-electron chi connectivity index (χ1n) is 4.73. The molecule has 2 rings (SSSR count). The lowest BCUT2D eigenvalue weighted by atomic mass is 10.2. The summed E-state index contributed by atoms with van der Waals surface area (Å²) in [6.45, 7) is 0.0129. The molecule has 0 N–H and O–H groups in total. The molecule has 0 aliphatic rings. The summed E-state index contributed by atoms with van der Waals surface area (Å²) in [4.78, 5) is 26.4. The third-order valence-corrected chi connectivity index (χ3v) is 2.30. The van der Waals surface area contributed by atoms with Crippen molar-refractivity contribution >= 4 is 17.2 Å². The van der Waals surface area contributed by atoms with Gasteiger partial charge in [0.05, 0.1) is 30.9 Å². The molecular formula is C11H10N2O3. The van der Waals surface area contributed by atoms with Gasteiger partial charge < -0.3 is 9.53 Å². The molecule has 0 spiro atoms. The van der Waals surface area contributed by atoms with Gasteiger partial charge in [0.2, 0.25) is 0 Å². The molecule has 0 amide bonds. The Labute approximate surface area is 91.3 Å². The van der Waals surface area contributed by atoms with E-state index in [9.17, 15) is 9.59 Å². The number of benzene rings is 1. The van der Waals surface area contributed by atoms with E-state index in [0.717, 1.165) is 0 Å². The van der Waals surface area contributed by atoms with Crippen LogP contribution in [0.4, 0.5) is 0 Å². The van der Waals surface area contributed by atoms with Crippen molar-refractivity contribution in [3.05, 3.63) is 34.9 Å². The molecule has 1 aromatic heterocycles. The van der Waals surface area contributed by atoms with Crippen molar-refractivity contribution in [2.75, 3.05) is 7.11 Å². The number of methoxy groups -OCH3 is 1. The third kappa shape index (κ3) is 1.67. The van der Waals surface area contributed by atoms with Crippen molar-refractivity contribution in [1.29, 1.82) is 0 Å². The first-order chi connectivity index (χ1) is 7.76. The molecule has 0 unspecified atom stereocenters. The van der Waals surface area contributed by atoms with Gasteiger partial charge in [-0.3, -0.25) is 9.36 Å². The SMILES string of the molecule is COc1ccc2ncn(CC=O)c(=O)c2c1. The Kier molecular flexibility index (Phi) is 2.68. The van der Waals surface area contributed by atoms with E-state index in [1.165, 1.54) is 18.0 Å². The van der Waals surface area contributed by atoms with Crippen LogP contribution in [-0.4, -0.2) is 22.9 Å². The number of aromatic nitrogens is 2. The second kappa shape index (κ2) is 4.14. The zero-order chi connectivity index (χ0) is 11.5. The van der Waals surface area contributed by atoms with Crippen LogP contribution in [-0.2, 0) is 11.3 Å². The summed E-state index contributed by atoms with van der Waals surface area (Å²) in [6, 6.07) is 5.06. The molecule has 0 saturated heterocycles. The number of hydrogen-bond donors (Lipinski definition) is 0. The van der Waals surface area contributed by atoms with Gasteiger partial charge in [-0.15, -0.1) is 0 Å². The molecule has 0 aliphatic carbocycles. The normalized spacial score (nSPS) is 10.3. The van der Waals surface area contributed by atoms with Gasteiger partial charge in [-0.25, -0.2) is 4.98 Å². The van der Waals surface area contributed by atoms with Gasteiger partial charge in [-0.05, 0) is 18.2 Å². The Morgan fingerprint density at radius 1 is 1.50 bits per heavy atom. The number of ether oxygens (including phenoxy) is 1. The van der Waals surface area contributed by atoms with Crippen molar-refractivity contribution in [3.63, 3.8) is 0 Å². The van der Waals surface area contributed by atoms with Crippen LogP contribution in [0.5, 0.6) is 5.75 Å². The number of aldehydes is 1. The highest BCUT2D eigenvalue weighted by atomic mass is 16.5. The predicted molar refractivity (Wildman–Crippen MR) is 58.6 cm³/mol. The molecular weight excluding hydrogens is 208 g/mol. The summed E-state index contributed by atoms with van der Waals surface area (Å²) in [6.07, 6.45) is 2.03. The molecule has 16 heavy (non-hydrogen) atoms. The largest absolute Gasteiger partial charge is 0.497 e. The minimum absolute atomic E-state index is 0.0129. The fraction of sp³-hybridized carbons (Fsp3) is 0.182. The van der Waals surface area contributed by atoms with Crippen molar-refractivity contribution in [2.24, 2.45) is 0 Å². The number of carbonyl (C=O) groups excluding carboxylic acids is 1. The van der Waals surface area contributed by atoms with Crippen LogP contribution in [0.3, 0.4) is 0 Å². The van der Waals surface area contributed by atoms with Gasteiger partial charge in [0.15, 0.2) is 0 Å². The molecule has 5 nitrogen and oxygen atoms in total. The highest BCUT2D eigenvalue weighted by Gasteiger charge is 2.04. The Morgan fingerprint density at radius 2 is 2.31 bits per heavy atom. The number of rotatable bonds is 3. The first kappa shape index (κ1) is 10.4. The smallest absolute Gasteiger partial charge is 0.261 e. The summed E-state index contributed by atoms with van der Waals surface area (Å²) in [7, 11) is 1.53. The molecule has 0 radical (unpaired) electrons. The topological polar surface area (TPSA) is 61.2 Å². The summed E-state index contributed by atoms with van der Waals surface area (Å²) >= 11 is 0. The van der Waals surface area contributed by atoms with Crippen LogP contribution in [0.15, 0.2) is 29.3 Å². The third-order valence-electron chi connectivity index (χ3n) is 2.30. The summed E-state index contributed by atoms with van der Waals surface area (Å²) in [5.41, 5.74) is 0.351. The maximum atomic E-state index is 11.9. The number of fused-ring (bicyclic) bond motifs is 1. The van der Waals surface area contributed by atoms with Crippen LogP contribution in [0.1, 0.15) is 0 Å². The fourth-order valence-corrected chi connectivity index (χ4v) is 1.48. The standard InChI is InChI=1S/C11H10N2O3/c1-16-8-2-3-10-9(6-8)11(15)13(4-5-14)7-12-10/h2-3,5-7H,4H2,1H3. The maximum absolute atomic E-state index is 11.9. The number of hydrogen-bond acceptors (Lipinski definition) is 4. The quantitative estimate of drug-likeness (QED) is 0.708. The van der Waals surface area contributed by atoms with E-state index >= 15 is 0 Å². The van der Waals surface area contributed by atoms with E-state index in [1.54, 1.807) is 18.2 Å². The van der Waals surface area contributed by atoms with E-state index in [-0.39, 0.29) is 12.1 Å². The van der Waals surface area contributed by atoms with Crippen LogP contribution < -0.4 is 10.3 Å². The zero-order valence-corrected chi connectivity index (χ0v) is 8.71. The van der Waals surface area contributed by atoms with Crippen molar-refractivity contribution < 1.29 is 9.53 Å². The van der Waals surface area contributed by atoms with Gasteiger partial charge in [-0.2, -0.15) is 0 Å². The molecule has 0 atom stereocenters. The summed E-state index contributed by atoms with van der Waals surface area (Å²) < 4.78 is 6.29. The fourth-order valence-electron chi connectivity index (χ4n) is 1.48. The molecule has 0 saturated carbocycles. The van der Waals surface area contributed by atoms with Gasteiger partial charge in [-0.1, -0.05) is 0 Å². The second-order valence-corrected chi connectivity index (χ2v) is 3.25. The van der Waals surface area contributed by atoms with E-state index in [1.807, 2.05) is 0 Å². The van der Waals surface area contributed by atoms with Gasteiger partial charge in [0.1, 0.15) is 12.0 Å². The predicted octanol–water partition coefficient (Wildman–Crippen LogP) is 0.604. The number of carbonyl (C=O) groups is 1. The van der Waals surface area contributed by atoms with Crippen molar-refractivity contribution in [1.82, 2.24) is 9.55 Å². The van der Waals surface area contributed by atoms with Crippen LogP contribution in [0, 0.1) is 0 Å².